The van der Waals surface area contributed by atoms with E-state index in [2.05, 4.69) is 5.32 Å². The summed E-state index contributed by atoms with van der Waals surface area (Å²) in [6.45, 7) is 4.49. The molecule has 3 nitrogen and oxygen atoms in total. The lowest BCUT2D eigenvalue weighted by molar-refractivity contribution is 0.242. The third-order valence-corrected chi connectivity index (χ3v) is 2.86. The molecule has 0 bridgehead atoms. The topological polar surface area (TPSA) is 45.0 Å². The van der Waals surface area contributed by atoms with Crippen molar-refractivity contribution in [2.75, 3.05) is 5.32 Å². The number of hydrogen-bond acceptors (Lipinski definition) is 3. The van der Waals surface area contributed by atoms with Crippen molar-refractivity contribution in [2.45, 2.75) is 26.5 Å². The van der Waals surface area contributed by atoms with Gasteiger partial charge in [-0.25, -0.2) is 4.39 Å². The lowest BCUT2D eigenvalue weighted by atomic mass is 10.1. The predicted molar refractivity (Wildman–Crippen MR) is 80.6 cm³/mol. The molecule has 0 heterocycles. The van der Waals surface area contributed by atoms with Crippen molar-refractivity contribution in [1.82, 2.24) is 0 Å². The van der Waals surface area contributed by atoms with Gasteiger partial charge in [0.2, 0.25) is 0 Å². The van der Waals surface area contributed by atoms with Crippen molar-refractivity contribution in [2.24, 2.45) is 0 Å². The minimum Gasteiger partial charge on any atom is -0.491 e. The first-order valence-electron chi connectivity index (χ1n) is 6.77. The van der Waals surface area contributed by atoms with E-state index in [0.29, 0.717) is 17.8 Å². The molecule has 108 valence electrons. The maximum atomic E-state index is 13.1. The Morgan fingerprint density at radius 2 is 2.05 bits per heavy atom. The minimum absolute atomic E-state index is 0.121. The van der Waals surface area contributed by atoms with E-state index in [0.717, 1.165) is 11.3 Å². The van der Waals surface area contributed by atoms with Gasteiger partial charge in [0.15, 0.2) is 0 Å². The molecule has 21 heavy (non-hydrogen) atoms. The maximum absolute atomic E-state index is 13.1. The van der Waals surface area contributed by atoms with Crippen LogP contribution in [0, 0.1) is 17.1 Å². The molecule has 2 aromatic rings. The second-order valence-corrected chi connectivity index (χ2v) is 4.97. The van der Waals surface area contributed by atoms with Gasteiger partial charge in [-0.2, -0.15) is 5.26 Å². The van der Waals surface area contributed by atoms with Crippen LogP contribution in [0.5, 0.6) is 5.75 Å². The molecular weight excluding hydrogens is 267 g/mol. The van der Waals surface area contributed by atoms with Crippen LogP contribution in [0.15, 0.2) is 42.5 Å². The van der Waals surface area contributed by atoms with Gasteiger partial charge in [-0.05, 0) is 49.7 Å². The van der Waals surface area contributed by atoms with E-state index in [9.17, 15) is 4.39 Å². The van der Waals surface area contributed by atoms with Crippen molar-refractivity contribution in [1.29, 1.82) is 5.26 Å². The van der Waals surface area contributed by atoms with Crippen LogP contribution < -0.4 is 10.1 Å². The van der Waals surface area contributed by atoms with Crippen LogP contribution in [0.3, 0.4) is 0 Å². The highest BCUT2D eigenvalue weighted by Crippen LogP contribution is 2.19. The van der Waals surface area contributed by atoms with E-state index in [1.165, 1.54) is 12.1 Å². The Morgan fingerprint density at radius 3 is 2.76 bits per heavy atom. The van der Waals surface area contributed by atoms with Crippen LogP contribution in [0.4, 0.5) is 10.1 Å². The average molecular weight is 284 g/mol. The molecule has 0 fully saturated rings. The standard InChI is InChI=1S/C17H17FN2O/c1-12(2)21-16-5-3-4-13(8-16)11-20-17-7-6-15(18)9-14(17)10-19/h3-9,12,20H,11H2,1-2H3. The summed E-state index contributed by atoms with van der Waals surface area (Å²) < 4.78 is 18.7. The van der Waals surface area contributed by atoms with Crippen molar-refractivity contribution in [3.05, 3.63) is 59.4 Å². The van der Waals surface area contributed by atoms with Crippen molar-refractivity contribution in [3.63, 3.8) is 0 Å². The largest absolute Gasteiger partial charge is 0.491 e. The lowest BCUT2D eigenvalue weighted by Crippen LogP contribution is -2.06. The van der Waals surface area contributed by atoms with Crippen LogP contribution in [-0.2, 0) is 6.54 Å². The SMILES string of the molecule is CC(C)Oc1cccc(CNc2ccc(F)cc2C#N)c1. The molecule has 0 aliphatic heterocycles. The zero-order chi connectivity index (χ0) is 15.2. The molecule has 2 aromatic carbocycles. The summed E-state index contributed by atoms with van der Waals surface area (Å²) in [5, 5.41) is 12.2. The predicted octanol–water partition coefficient (Wildman–Crippen LogP) is 4.10. The molecule has 1 N–H and O–H groups in total. The second-order valence-electron chi connectivity index (χ2n) is 4.97. The number of halogens is 1. The van der Waals surface area contributed by atoms with Gasteiger partial charge in [0, 0.05) is 6.54 Å². The van der Waals surface area contributed by atoms with Gasteiger partial charge < -0.3 is 10.1 Å². The summed E-state index contributed by atoms with van der Waals surface area (Å²) in [6.07, 6.45) is 0.121. The average Bonchev–Trinajstić information content (AvgIpc) is 2.45. The molecule has 0 saturated heterocycles. The first kappa shape index (κ1) is 14.9. The number of nitrogens with zero attached hydrogens (tertiary/aromatic N) is 1. The molecule has 0 aliphatic carbocycles. The Labute approximate surface area is 124 Å². The van der Waals surface area contributed by atoms with Crippen molar-refractivity contribution in [3.8, 4) is 11.8 Å². The molecule has 0 aromatic heterocycles. The van der Waals surface area contributed by atoms with Crippen molar-refractivity contribution < 1.29 is 9.13 Å². The fourth-order valence-corrected chi connectivity index (χ4v) is 1.96. The lowest BCUT2D eigenvalue weighted by Gasteiger charge is -2.12. The van der Waals surface area contributed by atoms with E-state index in [4.69, 9.17) is 10.00 Å². The summed E-state index contributed by atoms with van der Waals surface area (Å²) in [4.78, 5) is 0. The molecule has 0 aliphatic rings. The Kier molecular flexibility index (Phi) is 4.78. The molecular formula is C17H17FN2O. The van der Waals surface area contributed by atoms with Gasteiger partial charge >= 0.3 is 0 Å². The highest BCUT2D eigenvalue weighted by molar-refractivity contribution is 5.57. The molecule has 4 heteroatoms. The number of anilines is 1. The zero-order valence-electron chi connectivity index (χ0n) is 12.1. The fraction of sp³-hybridized carbons (Fsp3) is 0.235. The smallest absolute Gasteiger partial charge is 0.124 e. The molecule has 2 rings (SSSR count). The second kappa shape index (κ2) is 6.76. The monoisotopic (exact) mass is 284 g/mol. The van der Waals surface area contributed by atoms with E-state index in [1.807, 2.05) is 44.2 Å². The number of nitrogens with one attached hydrogen (secondary N) is 1. The van der Waals surface area contributed by atoms with E-state index < -0.39 is 5.82 Å². The Bertz CT molecular complexity index is 662. The minimum atomic E-state index is -0.413. The number of ether oxygens (including phenoxy) is 1. The summed E-state index contributed by atoms with van der Waals surface area (Å²) in [7, 11) is 0. The first-order valence-corrected chi connectivity index (χ1v) is 6.77. The van der Waals surface area contributed by atoms with Crippen LogP contribution in [0.2, 0.25) is 0 Å². The zero-order valence-corrected chi connectivity index (χ0v) is 12.1. The van der Waals surface area contributed by atoms with Crippen LogP contribution >= 0.6 is 0 Å². The summed E-state index contributed by atoms with van der Waals surface area (Å²) >= 11 is 0. The van der Waals surface area contributed by atoms with E-state index in [-0.39, 0.29) is 6.10 Å². The number of benzene rings is 2. The highest BCUT2D eigenvalue weighted by Gasteiger charge is 2.04. The Morgan fingerprint density at radius 1 is 1.24 bits per heavy atom. The normalized spacial score (nSPS) is 10.2. The molecule has 0 amide bonds. The van der Waals surface area contributed by atoms with Gasteiger partial charge in [-0.1, -0.05) is 12.1 Å². The molecule has 0 radical (unpaired) electrons. The molecule has 0 unspecified atom stereocenters. The molecule has 0 saturated carbocycles. The fourth-order valence-electron chi connectivity index (χ4n) is 1.96. The highest BCUT2D eigenvalue weighted by atomic mass is 19.1. The number of hydrogen-bond donors (Lipinski definition) is 1. The van der Waals surface area contributed by atoms with E-state index >= 15 is 0 Å². The van der Waals surface area contributed by atoms with Crippen LogP contribution in [0.25, 0.3) is 0 Å². The van der Waals surface area contributed by atoms with Crippen molar-refractivity contribution >= 4 is 5.69 Å². The number of nitriles is 1. The van der Waals surface area contributed by atoms with Gasteiger partial charge in [0.1, 0.15) is 17.6 Å². The van der Waals surface area contributed by atoms with Crippen LogP contribution in [0.1, 0.15) is 25.0 Å². The van der Waals surface area contributed by atoms with Gasteiger partial charge in [-0.3, -0.25) is 0 Å². The third kappa shape index (κ3) is 4.22. The molecule has 0 atom stereocenters. The van der Waals surface area contributed by atoms with E-state index in [1.54, 1.807) is 6.07 Å². The quantitative estimate of drug-likeness (QED) is 0.899. The van der Waals surface area contributed by atoms with Gasteiger partial charge in [0.05, 0.1) is 17.4 Å². The van der Waals surface area contributed by atoms with Crippen LogP contribution in [-0.4, -0.2) is 6.10 Å². The summed E-state index contributed by atoms with van der Waals surface area (Å²) in [6, 6.07) is 13.9. The van der Waals surface area contributed by atoms with Gasteiger partial charge in [-0.15, -0.1) is 0 Å². The Hall–Kier alpha value is -2.54. The summed E-state index contributed by atoms with van der Waals surface area (Å²) in [5.41, 5.74) is 1.94. The molecule has 0 spiro atoms. The summed E-state index contributed by atoms with van der Waals surface area (Å²) in [5.74, 6) is 0.397. The third-order valence-electron chi connectivity index (χ3n) is 2.86. The van der Waals surface area contributed by atoms with Gasteiger partial charge in [0.25, 0.3) is 0 Å². The maximum Gasteiger partial charge on any atom is 0.124 e. The first-order chi connectivity index (χ1) is 10.1. The number of rotatable bonds is 5. The Balaban J connectivity index is 2.08.